The summed E-state index contributed by atoms with van der Waals surface area (Å²) in [7, 11) is 2.00. The molecule has 2 aromatic heterocycles. The third-order valence-electron chi connectivity index (χ3n) is 4.13. The van der Waals surface area contributed by atoms with E-state index in [9.17, 15) is 0 Å². The van der Waals surface area contributed by atoms with E-state index < -0.39 is 0 Å². The number of aryl methyl sites for hydroxylation is 2. The van der Waals surface area contributed by atoms with E-state index in [1.165, 1.54) is 12.8 Å². The average Bonchev–Trinajstić information content (AvgIpc) is 2.93. The molecule has 0 aliphatic heterocycles. The van der Waals surface area contributed by atoms with Gasteiger partial charge in [0, 0.05) is 13.1 Å². The van der Waals surface area contributed by atoms with Crippen LogP contribution in [0.3, 0.4) is 0 Å². The van der Waals surface area contributed by atoms with Crippen LogP contribution in [0.2, 0.25) is 0 Å². The summed E-state index contributed by atoms with van der Waals surface area (Å²) < 4.78 is 4.18. The standard InChI is InChI=1S/C16H29N5/c1-5-8-11-12(9-6-2)21-15-14(18-16(21)17)13(10-7-3)19-20(15)4/h12H,5-11H2,1-4H3,(H2,17,18). The van der Waals surface area contributed by atoms with E-state index in [1.807, 2.05) is 11.7 Å². The van der Waals surface area contributed by atoms with Crippen LogP contribution in [0, 0.1) is 0 Å². The molecule has 2 heterocycles. The maximum absolute atomic E-state index is 6.25. The quantitative estimate of drug-likeness (QED) is 0.804. The Bertz CT molecular complexity index is 581. The molecule has 0 aliphatic carbocycles. The summed E-state index contributed by atoms with van der Waals surface area (Å²) in [6.45, 7) is 6.64. The second-order valence-electron chi connectivity index (χ2n) is 5.92. The molecule has 2 N–H and O–H groups in total. The second kappa shape index (κ2) is 6.96. The maximum Gasteiger partial charge on any atom is 0.202 e. The summed E-state index contributed by atoms with van der Waals surface area (Å²) in [5.74, 6) is 0.643. The molecule has 0 saturated heterocycles. The molecule has 118 valence electrons. The average molecular weight is 291 g/mol. The van der Waals surface area contributed by atoms with Crippen LogP contribution in [0.15, 0.2) is 0 Å². The van der Waals surface area contributed by atoms with Crippen molar-refractivity contribution in [3.05, 3.63) is 5.69 Å². The summed E-state index contributed by atoms with van der Waals surface area (Å²) in [6, 6.07) is 0.435. The van der Waals surface area contributed by atoms with Gasteiger partial charge in [-0.3, -0.25) is 9.25 Å². The Kier molecular flexibility index (Phi) is 5.26. The van der Waals surface area contributed by atoms with Gasteiger partial charge in [0.25, 0.3) is 0 Å². The SMILES string of the molecule is CCCCC(CCC)n1c(N)nc2c(CCC)nn(C)c21. The zero-order valence-electron chi connectivity index (χ0n) is 13.9. The van der Waals surface area contributed by atoms with Crippen LogP contribution in [0.25, 0.3) is 11.2 Å². The van der Waals surface area contributed by atoms with Crippen LogP contribution in [0.1, 0.15) is 71.0 Å². The van der Waals surface area contributed by atoms with Gasteiger partial charge in [-0.15, -0.1) is 0 Å². The fraction of sp³-hybridized carbons (Fsp3) is 0.750. The third-order valence-corrected chi connectivity index (χ3v) is 4.13. The topological polar surface area (TPSA) is 61.7 Å². The molecule has 2 rings (SSSR count). The lowest BCUT2D eigenvalue weighted by atomic mass is 10.0. The predicted molar refractivity (Wildman–Crippen MR) is 88.4 cm³/mol. The van der Waals surface area contributed by atoms with Crippen molar-refractivity contribution in [3.8, 4) is 0 Å². The number of hydrogen-bond acceptors (Lipinski definition) is 3. The minimum absolute atomic E-state index is 0.435. The zero-order chi connectivity index (χ0) is 15.4. The van der Waals surface area contributed by atoms with Gasteiger partial charge in [-0.25, -0.2) is 4.98 Å². The van der Waals surface area contributed by atoms with Crippen LogP contribution in [0.5, 0.6) is 0 Å². The number of aromatic nitrogens is 4. The first-order valence-electron chi connectivity index (χ1n) is 8.33. The summed E-state index contributed by atoms with van der Waals surface area (Å²) in [6.07, 6.45) is 7.94. The number of rotatable bonds is 8. The number of anilines is 1. The molecule has 2 aromatic rings. The van der Waals surface area contributed by atoms with E-state index >= 15 is 0 Å². The Morgan fingerprint density at radius 1 is 1.10 bits per heavy atom. The molecule has 0 aliphatic rings. The van der Waals surface area contributed by atoms with Gasteiger partial charge in [-0.05, 0) is 19.3 Å². The van der Waals surface area contributed by atoms with Crippen molar-refractivity contribution in [2.24, 2.45) is 7.05 Å². The highest BCUT2D eigenvalue weighted by Crippen LogP contribution is 2.30. The molecule has 5 nitrogen and oxygen atoms in total. The van der Waals surface area contributed by atoms with Crippen molar-refractivity contribution in [3.63, 3.8) is 0 Å². The molecular formula is C16H29N5. The molecule has 0 radical (unpaired) electrons. The van der Waals surface area contributed by atoms with Crippen molar-refractivity contribution >= 4 is 17.1 Å². The first-order chi connectivity index (χ1) is 10.1. The van der Waals surface area contributed by atoms with Crippen LogP contribution in [-0.2, 0) is 13.5 Å². The van der Waals surface area contributed by atoms with Gasteiger partial charge in [0.15, 0.2) is 5.65 Å². The molecule has 0 spiro atoms. The molecule has 0 aromatic carbocycles. The van der Waals surface area contributed by atoms with Crippen molar-refractivity contribution in [1.29, 1.82) is 0 Å². The van der Waals surface area contributed by atoms with E-state index in [4.69, 9.17) is 5.73 Å². The lowest BCUT2D eigenvalue weighted by molar-refractivity contribution is 0.425. The number of nitrogen functional groups attached to an aromatic ring is 1. The highest BCUT2D eigenvalue weighted by Gasteiger charge is 2.22. The molecule has 0 bridgehead atoms. The number of nitrogens with zero attached hydrogens (tertiary/aromatic N) is 4. The smallest absolute Gasteiger partial charge is 0.202 e. The van der Waals surface area contributed by atoms with Crippen LogP contribution in [-0.4, -0.2) is 19.3 Å². The van der Waals surface area contributed by atoms with Gasteiger partial charge in [0.05, 0.1) is 5.69 Å². The normalized spacial score (nSPS) is 13.1. The largest absolute Gasteiger partial charge is 0.369 e. The number of unbranched alkanes of at least 4 members (excludes halogenated alkanes) is 1. The summed E-state index contributed by atoms with van der Waals surface area (Å²) in [5.41, 5.74) is 9.40. The Morgan fingerprint density at radius 2 is 1.86 bits per heavy atom. The second-order valence-corrected chi connectivity index (χ2v) is 5.92. The first-order valence-corrected chi connectivity index (χ1v) is 8.33. The molecule has 0 saturated carbocycles. The molecule has 21 heavy (non-hydrogen) atoms. The fourth-order valence-corrected chi connectivity index (χ4v) is 3.16. The van der Waals surface area contributed by atoms with Gasteiger partial charge < -0.3 is 5.73 Å². The highest BCUT2D eigenvalue weighted by atomic mass is 15.4. The van der Waals surface area contributed by atoms with Crippen molar-refractivity contribution in [1.82, 2.24) is 19.3 Å². The van der Waals surface area contributed by atoms with Gasteiger partial charge in [0.1, 0.15) is 5.52 Å². The predicted octanol–water partition coefficient (Wildman–Crippen LogP) is 3.84. The Balaban J connectivity index is 2.48. The van der Waals surface area contributed by atoms with Crippen LogP contribution in [0.4, 0.5) is 5.95 Å². The van der Waals surface area contributed by atoms with E-state index in [2.05, 4.69) is 35.4 Å². The highest BCUT2D eigenvalue weighted by molar-refractivity contribution is 5.78. The lowest BCUT2D eigenvalue weighted by Crippen LogP contribution is -2.14. The van der Waals surface area contributed by atoms with Gasteiger partial charge in [-0.1, -0.05) is 46.5 Å². The molecule has 1 atom stereocenters. The Morgan fingerprint density at radius 3 is 2.48 bits per heavy atom. The van der Waals surface area contributed by atoms with E-state index in [0.717, 1.165) is 49.0 Å². The monoisotopic (exact) mass is 291 g/mol. The molecule has 0 amide bonds. The number of imidazole rings is 1. The summed E-state index contributed by atoms with van der Waals surface area (Å²) in [4.78, 5) is 4.62. The molecule has 0 fully saturated rings. The van der Waals surface area contributed by atoms with Crippen molar-refractivity contribution < 1.29 is 0 Å². The zero-order valence-corrected chi connectivity index (χ0v) is 13.9. The Labute approximate surface area is 127 Å². The van der Waals surface area contributed by atoms with Gasteiger partial charge in [0.2, 0.25) is 5.95 Å². The number of fused-ring (bicyclic) bond motifs is 1. The van der Waals surface area contributed by atoms with E-state index in [0.29, 0.717) is 12.0 Å². The van der Waals surface area contributed by atoms with Crippen LogP contribution < -0.4 is 5.73 Å². The summed E-state index contributed by atoms with van der Waals surface area (Å²) >= 11 is 0. The van der Waals surface area contributed by atoms with Crippen LogP contribution >= 0.6 is 0 Å². The van der Waals surface area contributed by atoms with Gasteiger partial charge in [-0.2, -0.15) is 5.10 Å². The molecule has 5 heteroatoms. The van der Waals surface area contributed by atoms with E-state index in [1.54, 1.807) is 0 Å². The summed E-state index contributed by atoms with van der Waals surface area (Å²) in [5, 5.41) is 4.64. The number of hydrogen-bond donors (Lipinski definition) is 1. The van der Waals surface area contributed by atoms with E-state index in [-0.39, 0.29) is 0 Å². The first kappa shape index (κ1) is 15.9. The Hall–Kier alpha value is -1.52. The maximum atomic E-state index is 6.25. The third kappa shape index (κ3) is 3.06. The number of nitrogens with two attached hydrogens (primary N) is 1. The lowest BCUT2D eigenvalue weighted by Gasteiger charge is -2.20. The van der Waals surface area contributed by atoms with Gasteiger partial charge >= 0.3 is 0 Å². The minimum atomic E-state index is 0.435. The van der Waals surface area contributed by atoms with Crippen molar-refractivity contribution in [2.75, 3.05) is 5.73 Å². The van der Waals surface area contributed by atoms with Crippen molar-refractivity contribution in [2.45, 2.75) is 71.8 Å². The fourth-order valence-electron chi connectivity index (χ4n) is 3.16. The molecular weight excluding hydrogens is 262 g/mol. The molecule has 1 unspecified atom stereocenters. The minimum Gasteiger partial charge on any atom is -0.369 e.